The summed E-state index contributed by atoms with van der Waals surface area (Å²) in [6.07, 6.45) is 1.71. The van der Waals surface area contributed by atoms with E-state index >= 15 is 0 Å². The van der Waals surface area contributed by atoms with E-state index < -0.39 is 0 Å². The Balaban J connectivity index is 0.00000208. The van der Waals surface area contributed by atoms with Gasteiger partial charge in [-0.3, -0.25) is 4.99 Å². The third-order valence-electron chi connectivity index (χ3n) is 4.11. The van der Waals surface area contributed by atoms with Crippen LogP contribution in [0, 0.1) is 0 Å². The number of methoxy groups -OCH3 is 3. The summed E-state index contributed by atoms with van der Waals surface area (Å²) in [5.74, 6) is 2.38. The SMILES string of the molecule is COc1cccc(CC2=NCCc3cc(OC)c(OC)cc32)c1.Cl. The van der Waals surface area contributed by atoms with Gasteiger partial charge in [0, 0.05) is 24.2 Å². The van der Waals surface area contributed by atoms with E-state index in [1.165, 1.54) is 11.1 Å². The Bertz CT molecular complexity index is 743. The molecule has 0 radical (unpaired) electrons. The minimum atomic E-state index is 0. The first kappa shape index (κ1) is 18.1. The van der Waals surface area contributed by atoms with Crippen molar-refractivity contribution in [3.05, 3.63) is 53.1 Å². The molecule has 0 unspecified atom stereocenters. The van der Waals surface area contributed by atoms with E-state index in [0.717, 1.165) is 47.9 Å². The lowest BCUT2D eigenvalue weighted by atomic mass is 9.93. The van der Waals surface area contributed by atoms with Gasteiger partial charge < -0.3 is 14.2 Å². The van der Waals surface area contributed by atoms with Crippen LogP contribution in [-0.4, -0.2) is 33.6 Å². The molecule has 1 heterocycles. The molecule has 0 aliphatic carbocycles. The summed E-state index contributed by atoms with van der Waals surface area (Å²) in [7, 11) is 5.01. The molecule has 128 valence electrons. The Kier molecular flexibility index (Phi) is 6.10. The van der Waals surface area contributed by atoms with E-state index in [1.54, 1.807) is 21.3 Å². The first-order valence-corrected chi connectivity index (χ1v) is 7.66. The minimum absolute atomic E-state index is 0. The standard InChI is InChI=1S/C19H21NO3.ClH/c1-21-15-6-4-5-13(9-15)10-17-16-12-19(23-3)18(22-2)11-14(16)7-8-20-17;/h4-6,9,11-12H,7-8,10H2,1-3H3;1H. The molecular weight excluding hydrogens is 326 g/mol. The topological polar surface area (TPSA) is 40.0 Å². The second kappa shape index (κ2) is 8.06. The molecule has 0 saturated carbocycles. The first-order valence-electron chi connectivity index (χ1n) is 7.66. The monoisotopic (exact) mass is 347 g/mol. The molecule has 0 spiro atoms. The number of hydrogen-bond acceptors (Lipinski definition) is 4. The zero-order chi connectivity index (χ0) is 16.2. The number of rotatable bonds is 5. The van der Waals surface area contributed by atoms with E-state index in [1.807, 2.05) is 18.2 Å². The van der Waals surface area contributed by atoms with Gasteiger partial charge in [-0.25, -0.2) is 0 Å². The Morgan fingerprint density at radius 1 is 0.958 bits per heavy atom. The Labute approximate surface area is 148 Å². The summed E-state index contributed by atoms with van der Waals surface area (Å²) in [5, 5.41) is 0. The van der Waals surface area contributed by atoms with Crippen molar-refractivity contribution in [2.24, 2.45) is 4.99 Å². The maximum absolute atomic E-state index is 5.44. The molecule has 3 rings (SSSR count). The van der Waals surface area contributed by atoms with Gasteiger partial charge >= 0.3 is 0 Å². The lowest BCUT2D eigenvalue weighted by molar-refractivity contribution is 0.354. The maximum Gasteiger partial charge on any atom is 0.161 e. The Morgan fingerprint density at radius 3 is 2.42 bits per heavy atom. The van der Waals surface area contributed by atoms with Crippen LogP contribution in [0.1, 0.15) is 16.7 Å². The molecule has 5 heteroatoms. The van der Waals surface area contributed by atoms with Gasteiger partial charge in [-0.05, 0) is 41.8 Å². The largest absolute Gasteiger partial charge is 0.497 e. The molecule has 1 aliphatic rings. The van der Waals surface area contributed by atoms with Crippen LogP contribution in [0.25, 0.3) is 0 Å². The third kappa shape index (κ3) is 3.65. The predicted octanol–water partition coefficient (Wildman–Crippen LogP) is 3.72. The first-order chi connectivity index (χ1) is 11.2. The molecule has 0 atom stereocenters. The van der Waals surface area contributed by atoms with Gasteiger partial charge in [0.25, 0.3) is 0 Å². The molecule has 2 aromatic rings. The Morgan fingerprint density at radius 2 is 1.71 bits per heavy atom. The molecule has 0 N–H and O–H groups in total. The number of aliphatic imine (C=N–C) groups is 1. The molecule has 0 amide bonds. The normalized spacial score (nSPS) is 12.5. The van der Waals surface area contributed by atoms with Crippen molar-refractivity contribution in [3.8, 4) is 17.2 Å². The van der Waals surface area contributed by atoms with E-state index in [4.69, 9.17) is 19.2 Å². The molecular formula is C19H22ClNO3. The van der Waals surface area contributed by atoms with Crippen LogP contribution in [0.2, 0.25) is 0 Å². The average Bonchev–Trinajstić information content (AvgIpc) is 2.61. The van der Waals surface area contributed by atoms with E-state index in [2.05, 4.69) is 18.2 Å². The van der Waals surface area contributed by atoms with Crippen LogP contribution < -0.4 is 14.2 Å². The van der Waals surface area contributed by atoms with E-state index in [-0.39, 0.29) is 12.4 Å². The molecule has 0 saturated heterocycles. The smallest absolute Gasteiger partial charge is 0.161 e. The Hall–Kier alpha value is -2.20. The van der Waals surface area contributed by atoms with Crippen LogP contribution in [0.15, 0.2) is 41.4 Å². The number of ether oxygens (including phenoxy) is 3. The van der Waals surface area contributed by atoms with Crippen LogP contribution in [0.4, 0.5) is 0 Å². The fraction of sp³-hybridized carbons (Fsp3) is 0.316. The van der Waals surface area contributed by atoms with Crippen molar-refractivity contribution in [3.63, 3.8) is 0 Å². The fourth-order valence-corrected chi connectivity index (χ4v) is 2.92. The third-order valence-corrected chi connectivity index (χ3v) is 4.11. The van der Waals surface area contributed by atoms with E-state index in [9.17, 15) is 0 Å². The molecule has 4 nitrogen and oxygen atoms in total. The number of hydrogen-bond donors (Lipinski definition) is 0. The number of halogens is 1. The highest BCUT2D eigenvalue weighted by Gasteiger charge is 2.18. The van der Waals surface area contributed by atoms with Crippen LogP contribution in [0.3, 0.4) is 0 Å². The van der Waals surface area contributed by atoms with Gasteiger partial charge in [-0.15, -0.1) is 12.4 Å². The van der Waals surface area contributed by atoms with Crippen molar-refractivity contribution in [1.29, 1.82) is 0 Å². The molecule has 24 heavy (non-hydrogen) atoms. The van der Waals surface area contributed by atoms with Crippen LogP contribution in [0.5, 0.6) is 17.2 Å². The average molecular weight is 348 g/mol. The highest BCUT2D eigenvalue weighted by Crippen LogP contribution is 2.33. The predicted molar refractivity (Wildman–Crippen MR) is 98.6 cm³/mol. The molecule has 0 fully saturated rings. The van der Waals surface area contributed by atoms with E-state index in [0.29, 0.717) is 0 Å². The summed E-state index contributed by atoms with van der Waals surface area (Å²) in [5.41, 5.74) is 4.68. The molecule has 0 bridgehead atoms. The zero-order valence-electron chi connectivity index (χ0n) is 14.2. The quantitative estimate of drug-likeness (QED) is 0.827. The van der Waals surface area contributed by atoms with Crippen molar-refractivity contribution in [2.45, 2.75) is 12.8 Å². The van der Waals surface area contributed by atoms with Gasteiger partial charge in [0.2, 0.25) is 0 Å². The zero-order valence-corrected chi connectivity index (χ0v) is 15.0. The minimum Gasteiger partial charge on any atom is -0.497 e. The summed E-state index contributed by atoms with van der Waals surface area (Å²) in [6, 6.07) is 12.2. The van der Waals surface area contributed by atoms with Crippen molar-refractivity contribution in [2.75, 3.05) is 27.9 Å². The summed E-state index contributed by atoms with van der Waals surface area (Å²) < 4.78 is 16.1. The van der Waals surface area contributed by atoms with Gasteiger partial charge in [0.1, 0.15) is 5.75 Å². The summed E-state index contributed by atoms with van der Waals surface area (Å²) >= 11 is 0. The fourth-order valence-electron chi connectivity index (χ4n) is 2.92. The van der Waals surface area contributed by atoms with Crippen molar-refractivity contribution < 1.29 is 14.2 Å². The molecule has 1 aliphatic heterocycles. The van der Waals surface area contributed by atoms with Gasteiger partial charge in [-0.1, -0.05) is 12.1 Å². The number of nitrogens with zero attached hydrogens (tertiary/aromatic N) is 1. The van der Waals surface area contributed by atoms with Crippen molar-refractivity contribution >= 4 is 18.1 Å². The van der Waals surface area contributed by atoms with Crippen LogP contribution in [-0.2, 0) is 12.8 Å². The van der Waals surface area contributed by atoms with Crippen LogP contribution >= 0.6 is 12.4 Å². The highest BCUT2D eigenvalue weighted by atomic mass is 35.5. The lowest BCUT2D eigenvalue weighted by Crippen LogP contribution is -2.16. The summed E-state index contributed by atoms with van der Waals surface area (Å²) in [4.78, 5) is 4.73. The maximum atomic E-state index is 5.44. The molecule has 2 aromatic carbocycles. The molecule has 0 aromatic heterocycles. The highest BCUT2D eigenvalue weighted by molar-refractivity contribution is 6.04. The number of fused-ring (bicyclic) bond motifs is 1. The van der Waals surface area contributed by atoms with Crippen molar-refractivity contribution in [1.82, 2.24) is 0 Å². The second-order valence-corrected chi connectivity index (χ2v) is 5.47. The summed E-state index contributed by atoms with van der Waals surface area (Å²) in [6.45, 7) is 0.807. The number of benzene rings is 2. The lowest BCUT2D eigenvalue weighted by Gasteiger charge is -2.20. The second-order valence-electron chi connectivity index (χ2n) is 5.47. The van der Waals surface area contributed by atoms with Gasteiger partial charge in [-0.2, -0.15) is 0 Å². The van der Waals surface area contributed by atoms with Gasteiger partial charge in [0.15, 0.2) is 11.5 Å². The van der Waals surface area contributed by atoms with Gasteiger partial charge in [0.05, 0.1) is 21.3 Å².